The summed E-state index contributed by atoms with van der Waals surface area (Å²) in [6, 6.07) is 5.57. The average Bonchev–Trinajstić information content (AvgIpc) is 3.16. The molecule has 11 heteroatoms. The largest absolute Gasteiger partial charge is 0.465 e. The Morgan fingerprint density at radius 2 is 1.96 bits per heavy atom. The van der Waals surface area contributed by atoms with Crippen molar-refractivity contribution in [2.45, 2.75) is 4.90 Å². The second-order valence-electron chi connectivity index (χ2n) is 5.77. The van der Waals surface area contributed by atoms with Gasteiger partial charge < -0.3 is 14.8 Å². The van der Waals surface area contributed by atoms with E-state index in [1.165, 1.54) is 29.6 Å². The summed E-state index contributed by atoms with van der Waals surface area (Å²) >= 11 is 7.23. The van der Waals surface area contributed by atoms with E-state index in [1.54, 1.807) is 11.4 Å². The van der Waals surface area contributed by atoms with Crippen molar-refractivity contribution in [2.75, 3.05) is 38.7 Å². The molecule has 1 saturated heterocycles. The Labute approximate surface area is 171 Å². The van der Waals surface area contributed by atoms with Crippen LogP contribution in [0, 0.1) is 0 Å². The Kier molecular flexibility index (Phi) is 6.36. The van der Waals surface area contributed by atoms with Gasteiger partial charge >= 0.3 is 5.97 Å². The predicted molar refractivity (Wildman–Crippen MR) is 105 cm³/mol. The zero-order valence-corrected chi connectivity index (χ0v) is 17.2. The number of esters is 1. The summed E-state index contributed by atoms with van der Waals surface area (Å²) in [4.78, 5) is 24.4. The number of morpholine rings is 1. The van der Waals surface area contributed by atoms with Crippen LogP contribution in [0.5, 0.6) is 0 Å². The Bertz CT molecular complexity index is 999. The summed E-state index contributed by atoms with van der Waals surface area (Å²) in [5, 5.41) is 4.26. The van der Waals surface area contributed by atoms with E-state index in [1.807, 2.05) is 0 Å². The smallest absolute Gasteiger partial charge is 0.350 e. The van der Waals surface area contributed by atoms with Crippen LogP contribution in [0.1, 0.15) is 20.0 Å². The molecule has 0 atom stereocenters. The van der Waals surface area contributed by atoms with Crippen molar-refractivity contribution in [3.63, 3.8) is 0 Å². The number of thiophene rings is 1. The van der Waals surface area contributed by atoms with E-state index in [4.69, 9.17) is 16.3 Å². The monoisotopic (exact) mass is 444 g/mol. The van der Waals surface area contributed by atoms with Gasteiger partial charge in [0.2, 0.25) is 10.0 Å². The zero-order valence-electron chi connectivity index (χ0n) is 14.8. The van der Waals surface area contributed by atoms with Crippen LogP contribution in [0.15, 0.2) is 34.5 Å². The van der Waals surface area contributed by atoms with E-state index < -0.39 is 21.9 Å². The van der Waals surface area contributed by atoms with E-state index in [0.29, 0.717) is 13.2 Å². The minimum Gasteiger partial charge on any atom is -0.465 e. The van der Waals surface area contributed by atoms with Crippen molar-refractivity contribution in [1.82, 2.24) is 4.31 Å². The summed E-state index contributed by atoms with van der Waals surface area (Å²) in [7, 11) is -2.62. The lowest BCUT2D eigenvalue weighted by Crippen LogP contribution is -2.40. The van der Waals surface area contributed by atoms with Gasteiger partial charge in [0.15, 0.2) is 0 Å². The molecule has 2 heterocycles. The molecule has 0 unspecified atom stereocenters. The Morgan fingerprint density at radius 1 is 1.25 bits per heavy atom. The van der Waals surface area contributed by atoms with Crippen molar-refractivity contribution in [3.8, 4) is 0 Å². The van der Waals surface area contributed by atoms with Gasteiger partial charge in [0.25, 0.3) is 5.91 Å². The van der Waals surface area contributed by atoms with Gasteiger partial charge in [-0.2, -0.15) is 4.31 Å². The highest BCUT2D eigenvalue weighted by Gasteiger charge is 2.29. The molecule has 1 aromatic carbocycles. The van der Waals surface area contributed by atoms with Gasteiger partial charge in [0.05, 0.1) is 31.0 Å². The number of anilines is 1. The van der Waals surface area contributed by atoms with Crippen molar-refractivity contribution < 1.29 is 27.5 Å². The molecule has 2 aromatic rings. The van der Waals surface area contributed by atoms with E-state index in [9.17, 15) is 18.0 Å². The lowest BCUT2D eigenvalue weighted by Gasteiger charge is -2.26. The first-order valence-corrected chi connectivity index (χ1v) is 10.9. The number of benzene rings is 1. The number of hydrogen-bond donors (Lipinski definition) is 1. The maximum Gasteiger partial charge on any atom is 0.350 e. The van der Waals surface area contributed by atoms with Gasteiger partial charge in [-0.1, -0.05) is 11.6 Å². The SMILES string of the molecule is COC(=O)c1sccc1NC(=O)c1ccc(Cl)c(S(=O)(=O)N2CCOCC2)c1. The lowest BCUT2D eigenvalue weighted by atomic mass is 10.2. The normalized spacial score (nSPS) is 15.2. The number of rotatable bonds is 5. The minimum absolute atomic E-state index is 0.0221. The summed E-state index contributed by atoms with van der Waals surface area (Å²) in [5.41, 5.74) is 0.382. The third-order valence-corrected chi connectivity index (χ3v) is 7.34. The number of halogens is 1. The fourth-order valence-electron chi connectivity index (χ4n) is 2.62. The molecule has 0 bridgehead atoms. The zero-order chi connectivity index (χ0) is 20.3. The van der Waals surface area contributed by atoms with E-state index in [-0.39, 0.29) is 39.1 Å². The average molecular weight is 445 g/mol. The number of nitrogens with one attached hydrogen (secondary N) is 1. The maximum atomic E-state index is 12.9. The molecule has 1 fully saturated rings. The second-order valence-corrected chi connectivity index (χ2v) is 9.00. The Morgan fingerprint density at radius 3 is 2.64 bits per heavy atom. The van der Waals surface area contributed by atoms with Gasteiger partial charge in [0, 0.05) is 18.7 Å². The molecule has 28 heavy (non-hydrogen) atoms. The molecule has 1 aliphatic rings. The van der Waals surface area contributed by atoms with Crippen molar-refractivity contribution in [3.05, 3.63) is 45.1 Å². The highest BCUT2D eigenvalue weighted by Crippen LogP contribution is 2.28. The molecule has 0 aliphatic carbocycles. The van der Waals surface area contributed by atoms with Crippen LogP contribution in [0.2, 0.25) is 5.02 Å². The van der Waals surface area contributed by atoms with Gasteiger partial charge in [-0.15, -0.1) is 11.3 Å². The number of carbonyl (C=O) groups is 2. The van der Waals surface area contributed by atoms with Crippen LogP contribution in [-0.4, -0.2) is 58.0 Å². The van der Waals surface area contributed by atoms with Crippen molar-refractivity contribution in [2.24, 2.45) is 0 Å². The fraction of sp³-hybridized carbons (Fsp3) is 0.294. The lowest BCUT2D eigenvalue weighted by molar-refractivity contribution is 0.0607. The summed E-state index contributed by atoms with van der Waals surface area (Å²) in [5.74, 6) is -1.14. The van der Waals surface area contributed by atoms with Crippen LogP contribution < -0.4 is 5.32 Å². The van der Waals surface area contributed by atoms with Gasteiger partial charge in [-0.3, -0.25) is 4.79 Å². The molecule has 0 radical (unpaired) electrons. The Hall–Kier alpha value is -1.98. The quantitative estimate of drug-likeness (QED) is 0.711. The number of ether oxygens (including phenoxy) is 2. The molecule has 150 valence electrons. The number of amides is 1. The Balaban J connectivity index is 1.88. The van der Waals surface area contributed by atoms with E-state index in [2.05, 4.69) is 10.1 Å². The number of carbonyl (C=O) groups excluding carboxylic acids is 2. The second kappa shape index (κ2) is 8.58. The first-order chi connectivity index (χ1) is 13.3. The highest BCUT2D eigenvalue weighted by molar-refractivity contribution is 7.89. The van der Waals surface area contributed by atoms with E-state index >= 15 is 0 Å². The molecule has 1 aliphatic heterocycles. The number of methoxy groups -OCH3 is 1. The molecule has 1 N–H and O–H groups in total. The molecule has 1 amide bonds. The summed E-state index contributed by atoms with van der Waals surface area (Å²) in [6.45, 7) is 1.02. The van der Waals surface area contributed by atoms with E-state index in [0.717, 1.165) is 11.3 Å². The predicted octanol–water partition coefficient (Wildman–Crippen LogP) is 2.46. The molecule has 3 rings (SSSR count). The van der Waals surface area contributed by atoms with Crippen LogP contribution in [0.25, 0.3) is 0 Å². The molecule has 0 spiro atoms. The summed E-state index contributed by atoms with van der Waals surface area (Å²) in [6.07, 6.45) is 0. The number of nitrogens with zero attached hydrogens (tertiary/aromatic N) is 1. The number of sulfonamides is 1. The minimum atomic E-state index is -3.87. The topological polar surface area (TPSA) is 102 Å². The van der Waals surface area contributed by atoms with Crippen molar-refractivity contribution >= 4 is 50.5 Å². The van der Waals surface area contributed by atoms with Gasteiger partial charge in [0.1, 0.15) is 9.77 Å². The third-order valence-electron chi connectivity index (χ3n) is 4.07. The summed E-state index contributed by atoms with van der Waals surface area (Å²) < 4.78 is 36.9. The van der Waals surface area contributed by atoms with Gasteiger partial charge in [-0.25, -0.2) is 13.2 Å². The first-order valence-electron chi connectivity index (χ1n) is 8.19. The molecular weight excluding hydrogens is 428 g/mol. The fourth-order valence-corrected chi connectivity index (χ4v) is 5.30. The standard InChI is InChI=1S/C17H17ClN2O6S2/c1-25-17(22)15-13(4-9-27-15)19-16(21)11-2-3-12(18)14(10-11)28(23,24)20-5-7-26-8-6-20/h2-4,9-10H,5-8H2,1H3,(H,19,21). The van der Waals surface area contributed by atoms with Crippen LogP contribution >= 0.6 is 22.9 Å². The van der Waals surface area contributed by atoms with Crippen molar-refractivity contribution in [1.29, 1.82) is 0 Å². The molecular formula is C17H17ClN2O6S2. The first kappa shape index (κ1) is 20.7. The van der Waals surface area contributed by atoms with Gasteiger partial charge in [-0.05, 0) is 29.6 Å². The number of hydrogen-bond acceptors (Lipinski definition) is 7. The molecule has 8 nitrogen and oxygen atoms in total. The van der Waals surface area contributed by atoms with Crippen LogP contribution in [-0.2, 0) is 19.5 Å². The van der Waals surface area contributed by atoms with Crippen LogP contribution in [0.3, 0.4) is 0 Å². The highest BCUT2D eigenvalue weighted by atomic mass is 35.5. The third kappa shape index (κ3) is 4.20. The molecule has 0 saturated carbocycles. The molecule has 1 aromatic heterocycles. The van der Waals surface area contributed by atoms with Crippen LogP contribution in [0.4, 0.5) is 5.69 Å². The maximum absolute atomic E-state index is 12.9.